The molecule has 9 aliphatic heterocycles. The highest BCUT2D eigenvalue weighted by Gasteiger charge is 2.59. The van der Waals surface area contributed by atoms with Gasteiger partial charge in [0.2, 0.25) is 41.3 Å². The number of aryl methyl sites for hydroxylation is 1. The molecule has 0 aromatic heterocycles. The zero-order chi connectivity index (χ0) is 70.3. The van der Waals surface area contributed by atoms with Crippen LogP contribution in [0.3, 0.4) is 0 Å². The molecule has 5 aromatic carbocycles. The van der Waals surface area contributed by atoms with Crippen LogP contribution < -0.4 is 0 Å². The molecular formula is C79H81N9O12. The number of Topliss-reactive ketones (excluding diaryl/α,β-unsaturated/α-hetero) is 3. The van der Waals surface area contributed by atoms with Gasteiger partial charge in [-0.05, 0) is 107 Å². The van der Waals surface area contributed by atoms with Gasteiger partial charge in [-0.2, -0.15) is 0 Å². The first kappa shape index (κ1) is 67.9. The molecule has 1 fully saturated rings. The lowest BCUT2D eigenvalue weighted by molar-refractivity contribution is -0.136. The van der Waals surface area contributed by atoms with Gasteiger partial charge in [-0.1, -0.05) is 177 Å². The van der Waals surface area contributed by atoms with Crippen LogP contribution in [0.4, 0.5) is 0 Å². The Morgan fingerprint density at radius 1 is 0.390 bits per heavy atom. The zero-order valence-electron chi connectivity index (χ0n) is 57.5. The van der Waals surface area contributed by atoms with E-state index >= 15 is 0 Å². The summed E-state index contributed by atoms with van der Waals surface area (Å²) in [7, 11) is 0. The molecular weight excluding hydrogens is 1270 g/mol. The van der Waals surface area contributed by atoms with Crippen molar-refractivity contribution in [2.24, 2.45) is 36.1 Å². The van der Waals surface area contributed by atoms with E-state index < -0.39 is 11.2 Å². The molecule has 2 amide bonds. The van der Waals surface area contributed by atoms with Crippen molar-refractivity contribution in [1.82, 2.24) is 9.80 Å². The van der Waals surface area contributed by atoms with Crippen LogP contribution in [-0.4, -0.2) is 108 Å². The van der Waals surface area contributed by atoms with Crippen LogP contribution in [0, 0.1) is 0 Å². The van der Waals surface area contributed by atoms with Crippen molar-refractivity contribution in [3.8, 4) is 0 Å². The summed E-state index contributed by atoms with van der Waals surface area (Å²) < 4.78 is 0. The topological polar surface area (TPSA) is 243 Å². The second-order valence-corrected chi connectivity index (χ2v) is 28.0. The molecule has 514 valence electrons. The number of nitrogens with zero attached hydrogens (tertiary/aromatic N) is 9. The molecule has 5 aromatic rings. The van der Waals surface area contributed by atoms with Gasteiger partial charge in [0.1, 0.15) is 0 Å². The lowest BCUT2D eigenvalue weighted by Crippen LogP contribution is -2.41. The Morgan fingerprint density at radius 3 is 1.36 bits per heavy atom. The van der Waals surface area contributed by atoms with E-state index in [0.29, 0.717) is 54.6 Å². The van der Waals surface area contributed by atoms with Crippen LogP contribution in [0.15, 0.2) is 201 Å². The van der Waals surface area contributed by atoms with E-state index in [4.69, 9.17) is 33.9 Å². The largest absolute Gasteiger partial charge is 0.388 e. The number of carbonyl (C=O) groups is 5. The summed E-state index contributed by atoms with van der Waals surface area (Å²) in [6.45, 7) is 25.2. The van der Waals surface area contributed by atoms with Gasteiger partial charge in [-0.15, -0.1) is 0 Å². The maximum atomic E-state index is 12.2. The summed E-state index contributed by atoms with van der Waals surface area (Å²) in [4.78, 5) is 99.9. The summed E-state index contributed by atoms with van der Waals surface area (Å²) in [5, 5.41) is 27.5. The summed E-state index contributed by atoms with van der Waals surface area (Å²) in [5.41, 5.74) is 17.8. The normalized spacial score (nSPS) is 25.9. The van der Waals surface area contributed by atoms with Crippen LogP contribution in [0.2, 0.25) is 0 Å². The number of hydrogen-bond acceptors (Lipinski definition) is 19. The summed E-state index contributed by atoms with van der Waals surface area (Å²) in [5.74, 6) is -0.444. The summed E-state index contributed by atoms with van der Waals surface area (Å²) >= 11 is 0. The molecule has 5 spiro atoms. The van der Waals surface area contributed by atoms with Gasteiger partial charge in [0.05, 0.1) is 40.0 Å². The highest BCUT2D eigenvalue weighted by Crippen LogP contribution is 2.51. The van der Waals surface area contributed by atoms with Gasteiger partial charge in [0.15, 0.2) is 16.8 Å². The predicted molar refractivity (Wildman–Crippen MR) is 379 cm³/mol. The summed E-state index contributed by atoms with van der Waals surface area (Å²) in [6.07, 6.45) is 14.8. The Balaban J connectivity index is 0.000000105. The smallest absolute Gasteiger partial charge is 0.266 e. The summed E-state index contributed by atoms with van der Waals surface area (Å²) in [6, 6.07) is 40.0. The van der Waals surface area contributed by atoms with Gasteiger partial charge >= 0.3 is 0 Å². The van der Waals surface area contributed by atoms with Crippen LogP contribution >= 0.6 is 0 Å². The highest BCUT2D eigenvalue weighted by molar-refractivity contribution is 6.33. The average molecular weight is 1350 g/mol. The highest BCUT2D eigenvalue weighted by atomic mass is 16.7. The van der Waals surface area contributed by atoms with E-state index in [1.54, 1.807) is 42.2 Å². The Bertz CT molecular complexity index is 4400. The second kappa shape index (κ2) is 27.2. The molecule has 19 rings (SSSR count). The van der Waals surface area contributed by atoms with E-state index in [9.17, 15) is 24.0 Å². The minimum atomic E-state index is -1.40. The number of likely N-dealkylation sites (tertiary alicyclic amines) is 1. The Hall–Kier alpha value is -10.7. The number of rotatable bonds is 2. The van der Waals surface area contributed by atoms with Gasteiger partial charge in [-0.3, -0.25) is 33.8 Å². The Morgan fingerprint density at radius 2 is 0.870 bits per heavy atom. The fourth-order valence-electron chi connectivity index (χ4n) is 15.4. The minimum Gasteiger partial charge on any atom is -0.388 e. The SMILES string of the molecule is C=C1C=CC(=O)N1C1CC(C)=NO1.C=C1CCC(=O)N1C1CC(C)=NO1.C=C1C[C@@]2(CC(C)=NO2)c2ccccc21.CC1=NOC2(C1)C(=O)c1ccccc1C2=O.CC1=NOC2(C1)Cc1ccccc1C2.CC1=NOC2(C1)Cc1ccccc1C2=O.CC1=NO[C@]2(CCc3ccccc32)C1. The van der Waals surface area contributed by atoms with E-state index in [-0.39, 0.29) is 64.8 Å². The Kier molecular flexibility index (Phi) is 18.5. The fraction of sp³-hybridized carbons (Fsp3) is 0.367. The van der Waals surface area contributed by atoms with Crippen LogP contribution in [0.5, 0.6) is 0 Å². The van der Waals surface area contributed by atoms with Crippen molar-refractivity contribution in [1.29, 1.82) is 0 Å². The van der Waals surface area contributed by atoms with Crippen molar-refractivity contribution >= 4 is 74.7 Å². The number of ketones is 3. The number of benzene rings is 5. The minimum absolute atomic E-state index is 0.0340. The standard InChI is InChI=1S/C13H13NO.C12H9NO3.C12H11NO2.2C12H13NO.C9H12N2O2.C9H10N2O2/c1-9-7-13(8-10(2)14-15-13)12-6-4-3-5-11(9)12;1-7-6-12(16-13-7)10(14)8-4-2-3-5-9(8)11(12)15;1-8-6-12(15-13-8)7-9-4-2-3-5-10(9)11(12)14;1-9-6-12(14-13-9)7-10-4-2-3-5-11(10)8-12;1-9-8-12(14-13-9)7-6-10-4-2-3-5-11(10)12;2*1-6-5-9(13-10-6)11-7(2)3-4-8(11)12/h3-6H,1,7-8H2,2H3;2-5H,6H2,1H3;2-5H,6-7H2,1H3;2*2-5H,6-8H2,1H3;9H,2-5H2,1H3;3-4,9H,2,5H2,1H3/t13-;;;;12-;;/m1...1../s1. The van der Waals surface area contributed by atoms with Gasteiger partial charge < -0.3 is 33.9 Å². The Labute approximate surface area is 581 Å². The number of amides is 2. The molecule has 14 aliphatic rings. The van der Waals surface area contributed by atoms with Crippen molar-refractivity contribution in [2.75, 3.05) is 0 Å². The van der Waals surface area contributed by atoms with Gasteiger partial charge in [0.25, 0.3) is 11.5 Å². The quantitative estimate of drug-likeness (QED) is 0.150. The van der Waals surface area contributed by atoms with Gasteiger partial charge in [0, 0.05) is 122 Å². The molecule has 0 saturated carbocycles. The molecule has 3 unspecified atom stereocenters. The third-order valence-electron chi connectivity index (χ3n) is 20.0. The lowest BCUT2D eigenvalue weighted by Gasteiger charge is -2.22. The van der Waals surface area contributed by atoms with Crippen molar-refractivity contribution in [3.05, 3.63) is 220 Å². The number of hydrogen-bond donors (Lipinski definition) is 0. The maximum absolute atomic E-state index is 12.2. The van der Waals surface area contributed by atoms with E-state index in [1.165, 1.54) is 44.4 Å². The predicted octanol–water partition coefficient (Wildman–Crippen LogP) is 13.9. The third kappa shape index (κ3) is 13.0. The van der Waals surface area contributed by atoms with Crippen molar-refractivity contribution in [2.45, 2.75) is 185 Å². The maximum Gasteiger partial charge on any atom is 0.266 e. The molecule has 9 heterocycles. The van der Waals surface area contributed by atoms with Gasteiger partial charge in [-0.25, -0.2) is 0 Å². The molecule has 100 heavy (non-hydrogen) atoms. The molecule has 21 nitrogen and oxygen atoms in total. The monoisotopic (exact) mass is 1350 g/mol. The van der Waals surface area contributed by atoms with E-state index in [1.807, 2.05) is 71.9 Å². The fourth-order valence-corrected chi connectivity index (χ4v) is 15.4. The molecule has 0 bridgehead atoms. The number of fused-ring (bicyclic) bond motifs is 7. The molecule has 0 radical (unpaired) electrons. The molecule has 5 atom stereocenters. The van der Waals surface area contributed by atoms with E-state index in [0.717, 1.165) is 114 Å². The zero-order valence-corrected chi connectivity index (χ0v) is 57.5. The number of allylic oxidation sites excluding steroid dienone is 2. The second-order valence-electron chi connectivity index (χ2n) is 28.0. The van der Waals surface area contributed by atoms with Crippen LogP contribution in [-0.2, 0) is 80.3 Å². The average Bonchev–Trinajstić information content (AvgIpc) is 1.58. The van der Waals surface area contributed by atoms with Crippen LogP contribution in [0.1, 0.15) is 189 Å². The molecule has 5 aliphatic carbocycles. The first-order valence-electron chi connectivity index (χ1n) is 33.9. The van der Waals surface area contributed by atoms with Crippen molar-refractivity contribution < 1.29 is 57.8 Å². The van der Waals surface area contributed by atoms with Crippen LogP contribution in [0.25, 0.3) is 5.57 Å². The van der Waals surface area contributed by atoms with Crippen molar-refractivity contribution in [3.63, 3.8) is 0 Å². The molecule has 1 saturated heterocycles. The lowest BCUT2D eigenvalue weighted by atomic mass is 9.91. The molecule has 0 N–H and O–H groups in total. The third-order valence-corrected chi connectivity index (χ3v) is 20.0. The first-order chi connectivity index (χ1) is 48.0. The molecule has 21 heteroatoms. The number of carbonyl (C=O) groups excluding carboxylic acids is 5. The number of oxime groups is 7. The van der Waals surface area contributed by atoms with E-state index in [2.05, 4.69) is 123 Å². The first-order valence-corrected chi connectivity index (χ1v) is 33.9.